The van der Waals surface area contributed by atoms with Crippen LogP contribution in [0.5, 0.6) is 0 Å². The Hall–Kier alpha value is -3.87. The summed E-state index contributed by atoms with van der Waals surface area (Å²) in [6.07, 6.45) is -0.650. The number of carbonyl (C=O) groups excluding carboxylic acids is 1. The average molecular weight is 404 g/mol. The van der Waals surface area contributed by atoms with Crippen molar-refractivity contribution in [2.24, 2.45) is 0 Å². The topological polar surface area (TPSA) is 101 Å². The minimum atomic E-state index is -1.08. The fourth-order valence-electron chi connectivity index (χ4n) is 3.39. The summed E-state index contributed by atoms with van der Waals surface area (Å²) in [6.45, 7) is 5.25. The Morgan fingerprint density at radius 2 is 1.73 bits per heavy atom. The Bertz CT molecular complexity index is 1370. The molecule has 2 aromatic carbocycles. The monoisotopic (exact) mass is 404 g/mol. The molecule has 2 aromatic heterocycles. The molecule has 0 amide bonds. The number of aromatic nitrogens is 2. The van der Waals surface area contributed by atoms with E-state index in [1.54, 1.807) is 45.0 Å². The number of aromatic amines is 1. The largest absolute Gasteiger partial charge is 0.478 e. The molecule has 0 radical (unpaired) electrons. The maximum Gasteiger partial charge on any atom is 0.419 e. The van der Waals surface area contributed by atoms with E-state index < -0.39 is 17.7 Å². The molecule has 2 N–H and O–H groups in total. The number of carbonyl (C=O) groups is 2. The van der Waals surface area contributed by atoms with Gasteiger partial charge in [-0.2, -0.15) is 0 Å². The minimum Gasteiger partial charge on any atom is -0.478 e. The molecule has 4 rings (SSSR count). The third-order valence-corrected chi connectivity index (χ3v) is 4.65. The number of carboxylic acids is 1. The zero-order valence-electron chi connectivity index (χ0n) is 16.7. The fourth-order valence-corrected chi connectivity index (χ4v) is 3.39. The molecule has 7 heteroatoms. The lowest BCUT2D eigenvalue weighted by Gasteiger charge is -2.21. The summed E-state index contributed by atoms with van der Waals surface area (Å²) < 4.78 is 6.86. The van der Waals surface area contributed by atoms with Gasteiger partial charge >= 0.3 is 12.1 Å². The number of nitrogens with one attached hydrogen (secondary N) is 1. The molecular weight excluding hydrogens is 384 g/mol. The number of benzene rings is 2. The van der Waals surface area contributed by atoms with Crippen molar-refractivity contribution >= 4 is 33.9 Å². The quantitative estimate of drug-likeness (QED) is 0.507. The summed E-state index contributed by atoms with van der Waals surface area (Å²) in [5, 5.41) is 10.6. The first-order valence-corrected chi connectivity index (χ1v) is 9.39. The number of H-pyrrole nitrogens is 1. The van der Waals surface area contributed by atoms with Gasteiger partial charge in [-0.05, 0) is 62.6 Å². The van der Waals surface area contributed by atoms with Crippen molar-refractivity contribution in [3.8, 4) is 11.3 Å². The van der Waals surface area contributed by atoms with Crippen LogP contribution in [0.1, 0.15) is 31.1 Å². The van der Waals surface area contributed by atoms with Crippen molar-refractivity contribution in [3.05, 3.63) is 70.5 Å². The van der Waals surface area contributed by atoms with Gasteiger partial charge in [0.25, 0.3) is 5.56 Å². The number of hydrogen-bond acceptors (Lipinski definition) is 4. The molecule has 2 heterocycles. The van der Waals surface area contributed by atoms with Gasteiger partial charge in [-0.15, -0.1) is 0 Å². The van der Waals surface area contributed by atoms with Crippen LogP contribution >= 0.6 is 0 Å². The van der Waals surface area contributed by atoms with Gasteiger partial charge in [0.05, 0.1) is 22.3 Å². The molecule has 0 saturated carbocycles. The smallest absolute Gasteiger partial charge is 0.419 e. The summed E-state index contributed by atoms with van der Waals surface area (Å²) in [4.78, 5) is 40.1. The van der Waals surface area contributed by atoms with Gasteiger partial charge in [-0.25, -0.2) is 14.2 Å². The maximum atomic E-state index is 13.0. The van der Waals surface area contributed by atoms with E-state index in [-0.39, 0.29) is 16.7 Å². The van der Waals surface area contributed by atoms with Crippen molar-refractivity contribution in [1.29, 1.82) is 0 Å². The van der Waals surface area contributed by atoms with Gasteiger partial charge < -0.3 is 14.8 Å². The third kappa shape index (κ3) is 3.45. The van der Waals surface area contributed by atoms with E-state index >= 15 is 0 Å². The predicted octanol–water partition coefficient (Wildman–Crippen LogP) is 4.63. The predicted molar refractivity (Wildman–Crippen MR) is 114 cm³/mol. The second-order valence-corrected chi connectivity index (χ2v) is 8.02. The lowest BCUT2D eigenvalue weighted by atomic mass is 10.1. The van der Waals surface area contributed by atoms with E-state index in [2.05, 4.69) is 4.98 Å². The Morgan fingerprint density at radius 1 is 1.00 bits per heavy atom. The molecule has 0 saturated heterocycles. The zero-order chi connectivity index (χ0) is 21.6. The Balaban J connectivity index is 2.02. The Morgan fingerprint density at radius 3 is 2.43 bits per heavy atom. The molecular formula is C23H20N2O5. The third-order valence-electron chi connectivity index (χ3n) is 4.65. The Labute approximate surface area is 171 Å². The van der Waals surface area contributed by atoms with Crippen LogP contribution in [0.4, 0.5) is 4.79 Å². The van der Waals surface area contributed by atoms with Crippen LogP contribution in [0.2, 0.25) is 0 Å². The van der Waals surface area contributed by atoms with Gasteiger partial charge in [0.15, 0.2) is 0 Å². The molecule has 0 fully saturated rings. The van der Waals surface area contributed by atoms with Crippen molar-refractivity contribution in [2.45, 2.75) is 26.4 Å². The molecule has 0 aliphatic heterocycles. The summed E-state index contributed by atoms with van der Waals surface area (Å²) >= 11 is 0. The number of pyridine rings is 1. The zero-order valence-corrected chi connectivity index (χ0v) is 16.7. The second-order valence-electron chi connectivity index (χ2n) is 8.02. The standard InChI is InChI=1S/C23H20N2O5/c1-23(2,3)30-22(29)25-18-9-8-14(21(27)28)10-15(18)12-19(25)16-11-13-6-4-5-7-17(13)24-20(16)26/h4-12H,1-3H3,(H,24,26)(H,27,28). The molecule has 0 atom stereocenters. The van der Waals surface area contributed by atoms with E-state index in [4.69, 9.17) is 4.74 Å². The molecule has 0 spiro atoms. The lowest BCUT2D eigenvalue weighted by molar-refractivity contribution is 0.0546. The summed E-state index contributed by atoms with van der Waals surface area (Å²) in [5.74, 6) is -1.08. The number of ether oxygens (including phenoxy) is 1. The number of aromatic carboxylic acids is 1. The van der Waals surface area contributed by atoms with Crippen LogP contribution < -0.4 is 5.56 Å². The summed E-state index contributed by atoms with van der Waals surface area (Å²) in [6, 6.07) is 15.1. The van der Waals surface area contributed by atoms with Gasteiger partial charge in [0, 0.05) is 10.9 Å². The number of hydrogen-bond donors (Lipinski definition) is 2. The van der Waals surface area contributed by atoms with Gasteiger partial charge in [0.1, 0.15) is 5.60 Å². The average Bonchev–Trinajstić information content (AvgIpc) is 3.04. The van der Waals surface area contributed by atoms with Gasteiger partial charge in [-0.1, -0.05) is 18.2 Å². The van der Waals surface area contributed by atoms with Crippen molar-refractivity contribution in [2.75, 3.05) is 0 Å². The summed E-state index contributed by atoms with van der Waals surface area (Å²) in [7, 11) is 0. The highest BCUT2D eigenvalue weighted by atomic mass is 16.6. The Kier molecular flexibility index (Phi) is 4.46. The number of fused-ring (bicyclic) bond motifs is 2. The van der Waals surface area contributed by atoms with Crippen LogP contribution in [0, 0.1) is 0 Å². The highest BCUT2D eigenvalue weighted by Gasteiger charge is 2.24. The van der Waals surface area contributed by atoms with Crippen LogP contribution in [0.25, 0.3) is 33.1 Å². The molecule has 152 valence electrons. The molecule has 4 aromatic rings. The first-order valence-electron chi connectivity index (χ1n) is 9.39. The highest BCUT2D eigenvalue weighted by Crippen LogP contribution is 2.29. The molecule has 0 aliphatic rings. The SMILES string of the molecule is CC(C)(C)OC(=O)n1c(-c2cc3ccccc3[nH]c2=O)cc2cc(C(=O)O)ccc21. The lowest BCUT2D eigenvalue weighted by Crippen LogP contribution is -2.28. The molecule has 0 unspecified atom stereocenters. The van der Waals surface area contributed by atoms with E-state index in [1.165, 1.54) is 16.7 Å². The van der Waals surface area contributed by atoms with E-state index in [0.717, 1.165) is 5.39 Å². The van der Waals surface area contributed by atoms with Crippen molar-refractivity contribution in [3.63, 3.8) is 0 Å². The van der Waals surface area contributed by atoms with Crippen LogP contribution in [-0.2, 0) is 4.74 Å². The fraction of sp³-hybridized carbons (Fsp3) is 0.174. The van der Waals surface area contributed by atoms with E-state index in [1.807, 2.05) is 18.2 Å². The molecule has 30 heavy (non-hydrogen) atoms. The number of nitrogens with zero attached hydrogens (tertiary/aromatic N) is 1. The summed E-state index contributed by atoms with van der Waals surface area (Å²) in [5.41, 5.74) is 0.724. The van der Waals surface area contributed by atoms with E-state index in [0.29, 0.717) is 22.1 Å². The molecule has 7 nitrogen and oxygen atoms in total. The first kappa shape index (κ1) is 19.4. The van der Waals surface area contributed by atoms with Gasteiger partial charge in [0.2, 0.25) is 0 Å². The number of para-hydroxylation sites is 1. The molecule has 0 aliphatic carbocycles. The first-order chi connectivity index (χ1) is 14.1. The van der Waals surface area contributed by atoms with Crippen LogP contribution in [0.3, 0.4) is 0 Å². The van der Waals surface area contributed by atoms with Gasteiger partial charge in [-0.3, -0.25) is 4.79 Å². The van der Waals surface area contributed by atoms with Crippen molar-refractivity contribution in [1.82, 2.24) is 9.55 Å². The maximum absolute atomic E-state index is 13.0. The minimum absolute atomic E-state index is 0.0859. The van der Waals surface area contributed by atoms with Crippen LogP contribution in [0.15, 0.2) is 59.4 Å². The normalized spacial score (nSPS) is 11.7. The molecule has 0 bridgehead atoms. The van der Waals surface area contributed by atoms with Crippen molar-refractivity contribution < 1.29 is 19.4 Å². The van der Waals surface area contributed by atoms with Crippen LogP contribution in [-0.4, -0.2) is 32.3 Å². The number of rotatable bonds is 2. The second kappa shape index (κ2) is 6.88. The number of carboxylic acid groups (broad SMARTS) is 1. The highest BCUT2D eigenvalue weighted by molar-refractivity contribution is 6.00. The van der Waals surface area contributed by atoms with E-state index in [9.17, 15) is 19.5 Å².